The zero-order valence-corrected chi connectivity index (χ0v) is 6.97. The molecule has 3 nitrogen and oxygen atoms in total. The van der Waals surface area contributed by atoms with Crippen molar-refractivity contribution in [2.75, 3.05) is 7.00 Å². The van der Waals surface area contributed by atoms with Gasteiger partial charge in [-0.15, -0.1) is 0 Å². The van der Waals surface area contributed by atoms with Crippen LogP contribution in [0, 0.1) is 0 Å². The van der Waals surface area contributed by atoms with Gasteiger partial charge in [-0.05, 0) is 18.0 Å². The summed E-state index contributed by atoms with van der Waals surface area (Å²) in [6.07, 6.45) is 0.969. The Morgan fingerprint density at radius 1 is 1.85 bits per heavy atom. The number of carbonyl (C=O) groups excluding carboxylic acids is 1. The van der Waals surface area contributed by atoms with Crippen molar-refractivity contribution in [1.29, 1.82) is 0 Å². The summed E-state index contributed by atoms with van der Waals surface area (Å²) in [4.78, 5) is 16.5. The van der Waals surface area contributed by atoms with E-state index < -0.39 is 25.3 Å². The first kappa shape index (κ1) is 4.74. The van der Waals surface area contributed by atoms with Gasteiger partial charge in [0, 0.05) is 31.3 Å². The van der Waals surface area contributed by atoms with Gasteiger partial charge in [0.15, 0.2) is 0 Å². The van der Waals surface area contributed by atoms with Gasteiger partial charge in [0.05, 0.1) is 6.04 Å². The third-order valence-corrected chi connectivity index (χ3v) is 2.01. The van der Waals surface area contributed by atoms with Crippen LogP contribution in [0.1, 0.15) is 29.9 Å². The zero-order valence-electron chi connectivity index (χ0n) is 11.0. The number of hydrogen-bond acceptors (Lipinski definition) is 2. The molecule has 1 atom stereocenters. The Labute approximate surface area is 83.0 Å². The lowest BCUT2D eigenvalue weighted by atomic mass is 10.1. The van der Waals surface area contributed by atoms with Crippen LogP contribution >= 0.6 is 0 Å². The summed E-state index contributed by atoms with van der Waals surface area (Å²) in [6.45, 7) is -1.51. The van der Waals surface area contributed by atoms with Crippen molar-refractivity contribution in [2.45, 2.75) is 18.8 Å². The molecule has 1 fully saturated rings. The van der Waals surface area contributed by atoms with E-state index >= 15 is 0 Å². The van der Waals surface area contributed by atoms with Gasteiger partial charge in [-0.2, -0.15) is 0 Å². The van der Waals surface area contributed by atoms with Crippen molar-refractivity contribution < 1.29 is 10.3 Å². The van der Waals surface area contributed by atoms with E-state index in [-0.39, 0.29) is 6.42 Å². The van der Waals surface area contributed by atoms with Crippen molar-refractivity contribution in [2.24, 2.45) is 0 Å². The second-order valence-electron chi connectivity index (χ2n) is 2.87. The van der Waals surface area contributed by atoms with Gasteiger partial charge in [0.25, 0.3) is 0 Å². The molecule has 0 spiro atoms. The van der Waals surface area contributed by atoms with Crippen LogP contribution in [0.5, 0.6) is 0 Å². The molecule has 2 rings (SSSR count). The topological polar surface area (TPSA) is 33.2 Å². The molecule has 0 bridgehead atoms. The molecule has 1 aliphatic heterocycles. The first-order valence-corrected chi connectivity index (χ1v) is 3.99. The standard InChI is InChI=1S/C10H12N2O/c1-12-9(4-5-10(12)13)8-3-2-6-11-7-8/h2-3,6-7,9H,4-5H2,1H3/t9-/m0/s1/i1D2,4D2. The molecule has 0 aliphatic carbocycles. The molecule has 0 aromatic carbocycles. The minimum atomic E-state index is -1.76. The highest BCUT2D eigenvalue weighted by molar-refractivity contribution is 5.78. The van der Waals surface area contributed by atoms with Crippen molar-refractivity contribution in [3.63, 3.8) is 0 Å². The first-order chi connectivity index (χ1) is 7.93. The van der Waals surface area contributed by atoms with Gasteiger partial charge in [-0.25, -0.2) is 0 Å². The number of hydrogen-bond donors (Lipinski definition) is 0. The second-order valence-corrected chi connectivity index (χ2v) is 2.87. The highest BCUT2D eigenvalue weighted by Crippen LogP contribution is 2.30. The fraction of sp³-hybridized carbons (Fsp3) is 0.400. The van der Waals surface area contributed by atoms with E-state index in [4.69, 9.17) is 5.48 Å². The first-order valence-electron chi connectivity index (χ1n) is 6.14. The zero-order chi connectivity index (χ0) is 12.6. The second kappa shape index (κ2) is 3.17. The molecule has 0 unspecified atom stereocenters. The summed E-state index contributed by atoms with van der Waals surface area (Å²) in [5.41, 5.74) is 0.521. The minimum absolute atomic E-state index is 0.291. The molecule has 1 aromatic heterocycles. The molecule has 68 valence electrons. The van der Waals surface area contributed by atoms with Crippen LogP contribution in [0.15, 0.2) is 24.5 Å². The molecule has 1 saturated heterocycles. The van der Waals surface area contributed by atoms with Crippen LogP contribution in [-0.2, 0) is 4.79 Å². The van der Waals surface area contributed by atoms with Crippen LogP contribution in [0.2, 0.25) is 0 Å². The highest BCUT2D eigenvalue weighted by atomic mass is 16.2. The fourth-order valence-electron chi connectivity index (χ4n) is 1.33. The van der Waals surface area contributed by atoms with Gasteiger partial charge in [-0.1, -0.05) is 6.07 Å². The molecule has 0 N–H and O–H groups in total. The number of likely N-dealkylation sites (tertiary alicyclic amines) is 1. The summed E-state index contributed by atoms with van der Waals surface area (Å²) in [5.74, 6) is -0.501. The number of pyridine rings is 1. The predicted octanol–water partition coefficient (Wildman–Crippen LogP) is 1.37. The average molecular weight is 180 g/mol. The Morgan fingerprint density at radius 3 is 3.46 bits per heavy atom. The number of nitrogens with zero attached hydrogens (tertiary/aromatic N) is 2. The third kappa shape index (κ3) is 1.41. The average Bonchev–Trinajstić information content (AvgIpc) is 2.49. The van der Waals surface area contributed by atoms with E-state index in [0.29, 0.717) is 5.56 Å². The molecule has 1 amide bonds. The van der Waals surface area contributed by atoms with E-state index in [1.165, 1.54) is 6.20 Å². The number of carbonyl (C=O) groups is 1. The molecule has 1 aliphatic rings. The summed E-state index contributed by atoms with van der Waals surface area (Å²) in [6, 6.07) is 2.40. The van der Waals surface area contributed by atoms with E-state index in [1.54, 1.807) is 18.3 Å². The molecular formula is C10H12N2O. The summed E-state index contributed by atoms with van der Waals surface area (Å²) in [5, 5.41) is 0. The van der Waals surface area contributed by atoms with Crippen LogP contribution in [0.4, 0.5) is 0 Å². The Balaban J connectivity index is 2.44. The monoisotopic (exact) mass is 180 g/mol. The maximum Gasteiger partial charge on any atom is 0.222 e. The molecule has 1 aromatic rings. The highest BCUT2D eigenvalue weighted by Gasteiger charge is 2.28. The lowest BCUT2D eigenvalue weighted by molar-refractivity contribution is -0.127. The van der Waals surface area contributed by atoms with Crippen LogP contribution in [0.3, 0.4) is 0 Å². The summed E-state index contributed by atoms with van der Waals surface area (Å²) < 4.78 is 30.4. The van der Waals surface area contributed by atoms with Crippen molar-refractivity contribution in [3.8, 4) is 0 Å². The van der Waals surface area contributed by atoms with Gasteiger partial charge in [0.1, 0.15) is 0 Å². The van der Waals surface area contributed by atoms with Gasteiger partial charge >= 0.3 is 0 Å². The maximum atomic E-state index is 11.6. The molecule has 0 radical (unpaired) electrons. The molecular weight excluding hydrogens is 164 g/mol. The SMILES string of the molecule is [2H]C([2H])N1C(=O)CC([2H])([2H])[C@H]1c1cccnc1. The van der Waals surface area contributed by atoms with E-state index in [1.807, 2.05) is 0 Å². The van der Waals surface area contributed by atoms with Gasteiger partial charge in [0.2, 0.25) is 5.91 Å². The maximum absolute atomic E-state index is 11.6. The van der Waals surface area contributed by atoms with E-state index in [2.05, 4.69) is 4.98 Å². The quantitative estimate of drug-likeness (QED) is 0.654. The predicted molar refractivity (Wildman–Crippen MR) is 49.0 cm³/mol. The number of rotatable bonds is 1. The minimum Gasteiger partial charge on any atom is -0.339 e. The molecule has 13 heavy (non-hydrogen) atoms. The van der Waals surface area contributed by atoms with Gasteiger partial charge < -0.3 is 4.90 Å². The Bertz CT molecular complexity index is 424. The van der Waals surface area contributed by atoms with Crippen molar-refractivity contribution in [3.05, 3.63) is 30.1 Å². The van der Waals surface area contributed by atoms with E-state index in [0.717, 1.165) is 4.90 Å². The summed E-state index contributed by atoms with van der Waals surface area (Å²) in [7, 11) is 0. The van der Waals surface area contributed by atoms with Crippen LogP contribution < -0.4 is 0 Å². The van der Waals surface area contributed by atoms with Crippen LogP contribution in [0.25, 0.3) is 0 Å². The number of amides is 1. The van der Waals surface area contributed by atoms with Crippen molar-refractivity contribution in [1.82, 2.24) is 9.88 Å². The van der Waals surface area contributed by atoms with Gasteiger partial charge in [-0.3, -0.25) is 9.78 Å². The van der Waals surface area contributed by atoms with E-state index in [9.17, 15) is 4.79 Å². The molecule has 2 heterocycles. The lowest BCUT2D eigenvalue weighted by Gasteiger charge is -2.19. The Morgan fingerprint density at radius 2 is 2.77 bits per heavy atom. The summed E-state index contributed by atoms with van der Waals surface area (Å²) >= 11 is 0. The third-order valence-electron chi connectivity index (χ3n) is 2.01. The molecule has 0 saturated carbocycles. The smallest absolute Gasteiger partial charge is 0.222 e. The van der Waals surface area contributed by atoms with Crippen LogP contribution in [-0.4, -0.2) is 22.8 Å². The fourth-order valence-corrected chi connectivity index (χ4v) is 1.33. The lowest BCUT2D eigenvalue weighted by Crippen LogP contribution is -2.22. The Hall–Kier alpha value is -1.38. The molecule has 3 heteroatoms. The van der Waals surface area contributed by atoms with Crippen molar-refractivity contribution >= 4 is 5.91 Å². The normalized spacial score (nSPS) is 31.0. The Kier molecular flexibility index (Phi) is 1.16. The largest absolute Gasteiger partial charge is 0.339 e. The number of aromatic nitrogens is 1.